The summed E-state index contributed by atoms with van der Waals surface area (Å²) in [7, 11) is 0. The smallest absolute Gasteiger partial charge is 0.200 e. The topological polar surface area (TPSA) is 26.3 Å². The van der Waals surface area contributed by atoms with Gasteiger partial charge in [0.25, 0.3) is 0 Å². The zero-order valence-electron chi connectivity index (χ0n) is 11.3. The largest absolute Gasteiger partial charge is 0.485 e. The SMILES string of the molecule is O=C(COc1ccc(I)c2ccccc12)c1ccccc1. The van der Waals surface area contributed by atoms with Gasteiger partial charge < -0.3 is 4.74 Å². The number of carbonyl (C=O) groups is 1. The fourth-order valence-corrected chi connectivity index (χ4v) is 2.86. The van der Waals surface area contributed by atoms with E-state index in [1.807, 2.05) is 48.5 Å². The van der Waals surface area contributed by atoms with Crippen molar-refractivity contribution in [1.29, 1.82) is 0 Å². The van der Waals surface area contributed by atoms with Crippen molar-refractivity contribution in [2.24, 2.45) is 0 Å². The molecule has 3 heteroatoms. The molecule has 0 aliphatic rings. The van der Waals surface area contributed by atoms with Gasteiger partial charge in [-0.3, -0.25) is 4.79 Å². The second-order valence-corrected chi connectivity index (χ2v) is 5.83. The number of benzene rings is 3. The molecule has 104 valence electrons. The lowest BCUT2D eigenvalue weighted by atomic mass is 10.1. The molecule has 0 heterocycles. The summed E-state index contributed by atoms with van der Waals surface area (Å²) in [4.78, 5) is 12.1. The molecule has 2 nitrogen and oxygen atoms in total. The summed E-state index contributed by atoms with van der Waals surface area (Å²) in [5, 5.41) is 2.17. The molecule has 3 aromatic rings. The van der Waals surface area contributed by atoms with Gasteiger partial charge in [0.2, 0.25) is 0 Å². The molecule has 21 heavy (non-hydrogen) atoms. The van der Waals surface area contributed by atoms with Crippen LogP contribution in [-0.2, 0) is 0 Å². The van der Waals surface area contributed by atoms with Crippen LogP contribution in [0.25, 0.3) is 10.8 Å². The Labute approximate surface area is 136 Å². The molecule has 0 amide bonds. The van der Waals surface area contributed by atoms with Crippen molar-refractivity contribution >= 4 is 39.1 Å². The molecule has 0 spiro atoms. The van der Waals surface area contributed by atoms with Gasteiger partial charge in [-0.05, 0) is 40.1 Å². The number of hydrogen-bond acceptors (Lipinski definition) is 2. The lowest BCUT2D eigenvalue weighted by Crippen LogP contribution is -2.11. The van der Waals surface area contributed by atoms with Crippen LogP contribution in [0.4, 0.5) is 0 Å². The summed E-state index contributed by atoms with van der Waals surface area (Å²) in [5.74, 6) is 0.730. The minimum absolute atomic E-state index is 0.0155. The van der Waals surface area contributed by atoms with Crippen molar-refractivity contribution in [2.75, 3.05) is 6.61 Å². The maximum absolute atomic E-state index is 12.1. The molecule has 0 bridgehead atoms. The highest BCUT2D eigenvalue weighted by Crippen LogP contribution is 2.29. The number of Topliss-reactive ketones (excluding diaryl/α,β-unsaturated/α-hetero) is 1. The molecule has 0 unspecified atom stereocenters. The number of fused-ring (bicyclic) bond motifs is 1. The lowest BCUT2D eigenvalue weighted by Gasteiger charge is -2.10. The van der Waals surface area contributed by atoms with E-state index in [2.05, 4.69) is 28.7 Å². The lowest BCUT2D eigenvalue weighted by molar-refractivity contribution is 0.0922. The molecule has 0 fully saturated rings. The highest BCUT2D eigenvalue weighted by Gasteiger charge is 2.09. The summed E-state index contributed by atoms with van der Waals surface area (Å²) >= 11 is 2.30. The first-order valence-corrected chi connectivity index (χ1v) is 7.72. The Morgan fingerprint density at radius 1 is 0.857 bits per heavy atom. The second-order valence-electron chi connectivity index (χ2n) is 4.67. The molecule has 0 radical (unpaired) electrons. The van der Waals surface area contributed by atoms with Crippen LogP contribution in [0.3, 0.4) is 0 Å². The zero-order valence-corrected chi connectivity index (χ0v) is 13.4. The maximum Gasteiger partial charge on any atom is 0.200 e. The van der Waals surface area contributed by atoms with Crippen molar-refractivity contribution in [3.05, 3.63) is 75.9 Å². The number of ketones is 1. The first-order chi connectivity index (χ1) is 10.3. The van der Waals surface area contributed by atoms with Gasteiger partial charge in [-0.1, -0.05) is 54.6 Å². The van der Waals surface area contributed by atoms with Gasteiger partial charge in [-0.15, -0.1) is 0 Å². The molecule has 0 saturated heterocycles. The van der Waals surface area contributed by atoms with E-state index in [4.69, 9.17) is 4.74 Å². The van der Waals surface area contributed by atoms with Crippen LogP contribution in [0.15, 0.2) is 66.7 Å². The van der Waals surface area contributed by atoms with Crippen LogP contribution in [-0.4, -0.2) is 12.4 Å². The number of rotatable bonds is 4. The van der Waals surface area contributed by atoms with Crippen LogP contribution in [0.5, 0.6) is 5.75 Å². The Bertz CT molecular complexity index is 782. The second kappa shape index (κ2) is 6.26. The average molecular weight is 388 g/mol. The van der Waals surface area contributed by atoms with Crippen LogP contribution in [0.2, 0.25) is 0 Å². The Balaban J connectivity index is 1.83. The molecule has 0 aliphatic carbocycles. The molecular formula is C18H13IO2. The van der Waals surface area contributed by atoms with E-state index in [0.717, 1.165) is 16.5 Å². The third-order valence-corrected chi connectivity index (χ3v) is 4.23. The van der Waals surface area contributed by atoms with E-state index in [-0.39, 0.29) is 12.4 Å². The predicted molar refractivity (Wildman–Crippen MR) is 92.9 cm³/mol. The van der Waals surface area contributed by atoms with E-state index >= 15 is 0 Å². The minimum atomic E-state index is -0.0155. The van der Waals surface area contributed by atoms with Crippen molar-refractivity contribution in [3.63, 3.8) is 0 Å². The first kappa shape index (κ1) is 14.1. The number of ether oxygens (including phenoxy) is 1. The summed E-state index contributed by atoms with van der Waals surface area (Å²) in [6.45, 7) is 0.0502. The maximum atomic E-state index is 12.1. The van der Waals surface area contributed by atoms with Crippen LogP contribution in [0.1, 0.15) is 10.4 Å². The van der Waals surface area contributed by atoms with E-state index in [9.17, 15) is 4.79 Å². The highest BCUT2D eigenvalue weighted by atomic mass is 127. The summed E-state index contributed by atoms with van der Waals surface area (Å²) < 4.78 is 6.91. The zero-order chi connectivity index (χ0) is 14.7. The Kier molecular flexibility index (Phi) is 4.20. The molecule has 3 rings (SSSR count). The van der Waals surface area contributed by atoms with Crippen molar-refractivity contribution in [1.82, 2.24) is 0 Å². The van der Waals surface area contributed by atoms with E-state index in [1.165, 1.54) is 3.57 Å². The van der Waals surface area contributed by atoms with E-state index in [0.29, 0.717) is 5.56 Å². The van der Waals surface area contributed by atoms with Gasteiger partial charge in [0.05, 0.1) is 0 Å². The molecule has 0 saturated carbocycles. The van der Waals surface area contributed by atoms with Gasteiger partial charge in [0.15, 0.2) is 12.4 Å². The standard InChI is InChI=1S/C18H13IO2/c19-16-10-11-18(15-9-5-4-8-14(15)16)21-12-17(20)13-6-2-1-3-7-13/h1-11H,12H2. The third-order valence-electron chi connectivity index (χ3n) is 3.29. The fraction of sp³-hybridized carbons (Fsp3) is 0.0556. The normalized spacial score (nSPS) is 10.5. The van der Waals surface area contributed by atoms with Gasteiger partial charge in [-0.25, -0.2) is 0 Å². The van der Waals surface area contributed by atoms with Crippen molar-refractivity contribution in [2.45, 2.75) is 0 Å². The van der Waals surface area contributed by atoms with Crippen LogP contribution >= 0.6 is 22.6 Å². The van der Waals surface area contributed by atoms with Gasteiger partial charge in [0.1, 0.15) is 5.75 Å². The third kappa shape index (κ3) is 3.08. The number of hydrogen-bond donors (Lipinski definition) is 0. The Morgan fingerprint density at radius 3 is 2.29 bits per heavy atom. The van der Waals surface area contributed by atoms with Crippen LogP contribution in [0, 0.1) is 3.57 Å². The average Bonchev–Trinajstić information content (AvgIpc) is 2.55. The van der Waals surface area contributed by atoms with Gasteiger partial charge in [0, 0.05) is 14.5 Å². The number of halogens is 1. The molecule has 0 atom stereocenters. The summed E-state index contributed by atoms with van der Waals surface area (Å²) in [6.07, 6.45) is 0. The van der Waals surface area contributed by atoms with Crippen molar-refractivity contribution < 1.29 is 9.53 Å². The van der Waals surface area contributed by atoms with E-state index < -0.39 is 0 Å². The van der Waals surface area contributed by atoms with Gasteiger partial charge >= 0.3 is 0 Å². The molecule has 0 aromatic heterocycles. The summed E-state index contributed by atoms with van der Waals surface area (Å²) in [6, 6.07) is 21.2. The number of carbonyl (C=O) groups excluding carboxylic acids is 1. The molecule has 0 aliphatic heterocycles. The molecule has 0 N–H and O–H groups in total. The molecule has 3 aromatic carbocycles. The Morgan fingerprint density at radius 2 is 1.52 bits per heavy atom. The Hall–Kier alpha value is -1.88. The quantitative estimate of drug-likeness (QED) is 0.478. The molecular weight excluding hydrogens is 375 g/mol. The first-order valence-electron chi connectivity index (χ1n) is 6.64. The minimum Gasteiger partial charge on any atom is -0.485 e. The van der Waals surface area contributed by atoms with E-state index in [1.54, 1.807) is 12.1 Å². The van der Waals surface area contributed by atoms with Crippen LogP contribution < -0.4 is 4.74 Å². The fourth-order valence-electron chi connectivity index (χ4n) is 2.21. The van der Waals surface area contributed by atoms with Gasteiger partial charge in [-0.2, -0.15) is 0 Å². The summed E-state index contributed by atoms with van der Waals surface area (Å²) in [5.41, 5.74) is 0.673. The van der Waals surface area contributed by atoms with Crippen molar-refractivity contribution in [3.8, 4) is 5.75 Å². The monoisotopic (exact) mass is 388 g/mol. The highest BCUT2D eigenvalue weighted by molar-refractivity contribution is 14.1. The predicted octanol–water partition coefficient (Wildman–Crippen LogP) is 4.71.